The number of esters is 1. The van der Waals surface area contributed by atoms with Gasteiger partial charge in [0.2, 0.25) is 5.71 Å². The van der Waals surface area contributed by atoms with Crippen LogP contribution < -0.4 is 10.2 Å². The van der Waals surface area contributed by atoms with Gasteiger partial charge < -0.3 is 9.47 Å². The molecule has 0 atom stereocenters. The molecule has 0 heterocycles. The molecule has 0 unspecified atom stereocenters. The van der Waals surface area contributed by atoms with Crippen molar-refractivity contribution < 1.29 is 19.2 Å². The summed E-state index contributed by atoms with van der Waals surface area (Å²) in [6, 6.07) is 5.31. The first-order valence-corrected chi connectivity index (χ1v) is 5.18. The Morgan fingerprint density at radius 2 is 2.20 bits per heavy atom. The van der Waals surface area contributed by atoms with Gasteiger partial charge in [0.25, 0.3) is 5.69 Å². The summed E-state index contributed by atoms with van der Waals surface area (Å²) in [6.45, 7) is 0. The Labute approximate surface area is 113 Å². The summed E-state index contributed by atoms with van der Waals surface area (Å²) in [7, 11) is 2.46. The maximum Gasteiger partial charge on any atom is 0.369 e. The topological polar surface area (TPSA) is 127 Å². The van der Waals surface area contributed by atoms with Crippen molar-refractivity contribution in [2.75, 3.05) is 19.6 Å². The average molecular weight is 278 g/mol. The van der Waals surface area contributed by atoms with Crippen LogP contribution in [0.5, 0.6) is 5.75 Å². The van der Waals surface area contributed by atoms with Gasteiger partial charge >= 0.3 is 5.97 Å². The number of hydrazone groups is 1. The number of non-ortho nitro benzene ring substituents is 1. The van der Waals surface area contributed by atoms with Crippen molar-refractivity contribution in [3.63, 3.8) is 0 Å². The molecule has 0 bridgehead atoms. The second-order valence-electron chi connectivity index (χ2n) is 3.32. The molecule has 1 N–H and O–H groups in total. The molecule has 0 spiro atoms. The van der Waals surface area contributed by atoms with Gasteiger partial charge in [0.1, 0.15) is 17.5 Å². The number of nitrogens with one attached hydrogen (secondary N) is 1. The van der Waals surface area contributed by atoms with E-state index in [-0.39, 0.29) is 17.1 Å². The molecule has 20 heavy (non-hydrogen) atoms. The molecule has 9 nitrogen and oxygen atoms in total. The fourth-order valence-corrected chi connectivity index (χ4v) is 1.23. The number of carbonyl (C=O) groups excluding carboxylic acids is 1. The third-order valence-corrected chi connectivity index (χ3v) is 2.17. The Hall–Kier alpha value is -3.15. The molecule has 0 aliphatic heterocycles. The minimum atomic E-state index is -0.926. The highest BCUT2D eigenvalue weighted by atomic mass is 16.6. The van der Waals surface area contributed by atoms with Crippen LogP contribution in [0, 0.1) is 21.4 Å². The Balaban J connectivity index is 3.10. The Bertz CT molecular complexity index is 605. The predicted molar refractivity (Wildman–Crippen MR) is 68.3 cm³/mol. The number of methoxy groups -OCH3 is 2. The Kier molecular flexibility index (Phi) is 4.99. The zero-order valence-corrected chi connectivity index (χ0v) is 10.6. The molecule has 0 aliphatic rings. The van der Waals surface area contributed by atoms with Gasteiger partial charge in [-0.15, -0.1) is 0 Å². The van der Waals surface area contributed by atoms with Crippen LogP contribution in [0.25, 0.3) is 0 Å². The number of nitriles is 1. The van der Waals surface area contributed by atoms with Crippen LogP contribution in [-0.2, 0) is 9.53 Å². The van der Waals surface area contributed by atoms with E-state index in [1.54, 1.807) is 0 Å². The standard InChI is InChI=1S/C11H10N4O5/c1-19-10-4-3-7(15(17)18)5-8(10)13-14-9(6-12)11(16)20-2/h3-5,13H,1-2H3. The molecule has 0 aromatic heterocycles. The van der Waals surface area contributed by atoms with Gasteiger partial charge in [-0.3, -0.25) is 15.5 Å². The average Bonchev–Trinajstić information content (AvgIpc) is 2.47. The first-order valence-electron chi connectivity index (χ1n) is 5.18. The lowest BCUT2D eigenvalue weighted by atomic mass is 10.2. The normalized spacial score (nSPS) is 10.3. The molecular formula is C11H10N4O5. The van der Waals surface area contributed by atoms with Crippen LogP contribution in [0.4, 0.5) is 11.4 Å². The van der Waals surface area contributed by atoms with Crippen molar-refractivity contribution in [2.45, 2.75) is 0 Å². The second-order valence-corrected chi connectivity index (χ2v) is 3.32. The number of hydrogen-bond donors (Lipinski definition) is 1. The van der Waals surface area contributed by atoms with Crippen molar-refractivity contribution in [2.24, 2.45) is 5.10 Å². The van der Waals surface area contributed by atoms with Crippen LogP contribution in [0.15, 0.2) is 23.3 Å². The van der Waals surface area contributed by atoms with Crippen molar-refractivity contribution in [3.05, 3.63) is 28.3 Å². The largest absolute Gasteiger partial charge is 0.495 e. The van der Waals surface area contributed by atoms with Crippen LogP contribution in [-0.4, -0.2) is 30.8 Å². The molecule has 0 saturated heterocycles. The lowest BCUT2D eigenvalue weighted by Crippen LogP contribution is -2.15. The molecule has 1 aromatic carbocycles. The summed E-state index contributed by atoms with van der Waals surface area (Å²) >= 11 is 0. The van der Waals surface area contributed by atoms with E-state index in [0.717, 1.165) is 13.2 Å². The molecule has 0 amide bonds. The number of ether oxygens (including phenoxy) is 2. The summed E-state index contributed by atoms with van der Waals surface area (Å²) in [5, 5.41) is 22.9. The fraction of sp³-hybridized carbons (Fsp3) is 0.182. The van der Waals surface area contributed by atoms with Gasteiger partial charge in [0.05, 0.1) is 19.1 Å². The predicted octanol–water partition coefficient (Wildman–Crippen LogP) is 1.07. The van der Waals surface area contributed by atoms with Gasteiger partial charge in [-0.05, 0) is 6.07 Å². The molecule has 1 aromatic rings. The smallest absolute Gasteiger partial charge is 0.369 e. The van der Waals surface area contributed by atoms with Crippen molar-refractivity contribution >= 4 is 23.1 Å². The fourth-order valence-electron chi connectivity index (χ4n) is 1.23. The summed E-state index contributed by atoms with van der Waals surface area (Å²) in [5.74, 6) is -0.661. The van der Waals surface area contributed by atoms with Gasteiger partial charge in [-0.25, -0.2) is 4.79 Å². The van der Waals surface area contributed by atoms with Crippen LogP contribution in [0.1, 0.15) is 0 Å². The lowest BCUT2D eigenvalue weighted by molar-refractivity contribution is -0.384. The number of nitro groups is 1. The number of nitro benzene ring substituents is 1. The van der Waals surface area contributed by atoms with E-state index in [1.165, 1.54) is 25.3 Å². The first-order chi connectivity index (χ1) is 9.53. The zero-order chi connectivity index (χ0) is 15.1. The van der Waals surface area contributed by atoms with E-state index in [4.69, 9.17) is 10.00 Å². The van der Waals surface area contributed by atoms with E-state index >= 15 is 0 Å². The molecule has 0 aliphatic carbocycles. The Morgan fingerprint density at radius 1 is 1.50 bits per heavy atom. The van der Waals surface area contributed by atoms with E-state index in [9.17, 15) is 14.9 Å². The minimum absolute atomic E-state index is 0.137. The monoisotopic (exact) mass is 278 g/mol. The number of hydrogen-bond acceptors (Lipinski definition) is 8. The van der Waals surface area contributed by atoms with Crippen molar-refractivity contribution in [3.8, 4) is 11.8 Å². The molecule has 104 valence electrons. The molecule has 1 rings (SSSR count). The maximum absolute atomic E-state index is 11.1. The van der Waals surface area contributed by atoms with Gasteiger partial charge in [-0.1, -0.05) is 0 Å². The Morgan fingerprint density at radius 3 is 2.70 bits per heavy atom. The number of anilines is 1. The SMILES string of the molecule is COC(=O)C(C#N)=NNc1cc([N+](=O)[O-])ccc1OC. The van der Waals surface area contributed by atoms with E-state index in [1.807, 2.05) is 0 Å². The molecule has 0 fully saturated rings. The summed E-state index contributed by atoms with van der Waals surface area (Å²) in [5.41, 5.74) is 1.78. The quantitative estimate of drug-likeness (QED) is 0.369. The summed E-state index contributed by atoms with van der Waals surface area (Å²) in [6.07, 6.45) is 0. The summed E-state index contributed by atoms with van der Waals surface area (Å²) < 4.78 is 9.32. The molecule has 0 radical (unpaired) electrons. The minimum Gasteiger partial charge on any atom is -0.495 e. The highest BCUT2D eigenvalue weighted by molar-refractivity contribution is 6.43. The highest BCUT2D eigenvalue weighted by Gasteiger charge is 2.13. The first kappa shape index (κ1) is 14.9. The maximum atomic E-state index is 11.1. The number of nitrogens with zero attached hydrogens (tertiary/aromatic N) is 3. The second kappa shape index (κ2) is 6.69. The summed E-state index contributed by atoms with van der Waals surface area (Å²) in [4.78, 5) is 21.2. The molecule has 9 heteroatoms. The van der Waals surface area contributed by atoms with Crippen molar-refractivity contribution in [1.29, 1.82) is 5.26 Å². The third-order valence-electron chi connectivity index (χ3n) is 2.17. The molecular weight excluding hydrogens is 268 g/mol. The number of carbonyl (C=O) groups is 1. The lowest BCUT2D eigenvalue weighted by Gasteiger charge is -2.07. The number of rotatable bonds is 5. The van der Waals surface area contributed by atoms with Gasteiger partial charge in [0.15, 0.2) is 0 Å². The van der Waals surface area contributed by atoms with E-state index in [0.29, 0.717) is 0 Å². The van der Waals surface area contributed by atoms with Gasteiger partial charge in [0, 0.05) is 12.1 Å². The number of benzene rings is 1. The van der Waals surface area contributed by atoms with Gasteiger partial charge in [-0.2, -0.15) is 10.4 Å². The van der Waals surface area contributed by atoms with E-state index < -0.39 is 16.6 Å². The van der Waals surface area contributed by atoms with Crippen molar-refractivity contribution in [1.82, 2.24) is 0 Å². The zero-order valence-electron chi connectivity index (χ0n) is 10.6. The highest BCUT2D eigenvalue weighted by Crippen LogP contribution is 2.28. The van der Waals surface area contributed by atoms with Crippen LogP contribution in [0.2, 0.25) is 0 Å². The van der Waals surface area contributed by atoms with Crippen LogP contribution in [0.3, 0.4) is 0 Å². The molecule has 0 saturated carbocycles. The van der Waals surface area contributed by atoms with E-state index in [2.05, 4.69) is 15.3 Å². The third kappa shape index (κ3) is 3.42. The van der Waals surface area contributed by atoms with Crippen LogP contribution >= 0.6 is 0 Å².